The monoisotopic (exact) mass is 435 g/mol. The molecule has 3 rings (SSSR count). The summed E-state index contributed by atoms with van der Waals surface area (Å²) in [4.78, 5) is 12.5. The van der Waals surface area contributed by atoms with Gasteiger partial charge >= 0.3 is 6.18 Å². The summed E-state index contributed by atoms with van der Waals surface area (Å²) >= 11 is 5.75. The Bertz CT molecular complexity index is 1040. The zero-order chi connectivity index (χ0) is 21.6. The maximum absolute atomic E-state index is 15.7. The molecule has 4 nitrogen and oxygen atoms in total. The molecule has 2 aromatic rings. The predicted molar refractivity (Wildman–Crippen MR) is 92.7 cm³/mol. The van der Waals surface area contributed by atoms with E-state index in [1.54, 1.807) is 5.32 Å². The Labute approximate surface area is 165 Å². The molecule has 1 aromatic carbocycles. The van der Waals surface area contributed by atoms with Gasteiger partial charge in [-0.2, -0.15) is 18.3 Å². The molecule has 0 radical (unpaired) electrons. The zero-order valence-electron chi connectivity index (χ0n) is 14.6. The molecule has 1 aromatic heterocycles. The topological polar surface area (TPSA) is 46.9 Å². The van der Waals surface area contributed by atoms with E-state index in [-0.39, 0.29) is 11.1 Å². The number of alkyl halides is 4. The third-order valence-corrected chi connectivity index (χ3v) is 4.62. The molecule has 0 bridgehead atoms. The van der Waals surface area contributed by atoms with E-state index in [9.17, 15) is 26.7 Å². The molecule has 1 heterocycles. The number of benzene rings is 1. The van der Waals surface area contributed by atoms with Crippen LogP contribution in [0.1, 0.15) is 28.0 Å². The van der Waals surface area contributed by atoms with Gasteiger partial charge < -0.3 is 5.32 Å². The van der Waals surface area contributed by atoms with E-state index in [1.165, 1.54) is 12.1 Å². The lowest BCUT2D eigenvalue weighted by Gasteiger charge is -2.31. The van der Waals surface area contributed by atoms with Gasteiger partial charge in [-0.05, 0) is 23.8 Å². The van der Waals surface area contributed by atoms with Crippen molar-refractivity contribution in [1.29, 1.82) is 0 Å². The fourth-order valence-electron chi connectivity index (χ4n) is 2.93. The first kappa shape index (κ1) is 21.0. The lowest BCUT2D eigenvalue weighted by molar-refractivity contribution is -0.141. The van der Waals surface area contributed by atoms with E-state index in [0.717, 1.165) is 31.3 Å². The molecule has 11 heteroatoms. The van der Waals surface area contributed by atoms with Crippen LogP contribution in [0.15, 0.2) is 42.2 Å². The van der Waals surface area contributed by atoms with E-state index in [2.05, 4.69) is 5.10 Å². The van der Waals surface area contributed by atoms with Crippen LogP contribution in [0, 0.1) is 5.82 Å². The second-order valence-electron chi connectivity index (χ2n) is 6.27. The van der Waals surface area contributed by atoms with Gasteiger partial charge in [0.25, 0.3) is 5.91 Å². The maximum atomic E-state index is 15.7. The van der Waals surface area contributed by atoms with Crippen LogP contribution in [0.4, 0.5) is 26.3 Å². The van der Waals surface area contributed by atoms with Crippen LogP contribution in [0.25, 0.3) is 5.57 Å². The molecular formula is C18H12ClF6N3O. The van der Waals surface area contributed by atoms with E-state index in [4.69, 9.17) is 11.6 Å². The second kappa shape index (κ2) is 7.25. The smallest absolute Gasteiger partial charge is 0.316 e. The highest BCUT2D eigenvalue weighted by molar-refractivity contribution is 6.33. The van der Waals surface area contributed by atoms with Gasteiger partial charge in [0.2, 0.25) is 5.79 Å². The Kier molecular flexibility index (Phi) is 5.24. The number of allylic oxidation sites excluding steroid dienone is 2. The number of nitrogens with one attached hydrogen (secondary N) is 1. The van der Waals surface area contributed by atoms with Crippen molar-refractivity contribution in [3.63, 3.8) is 0 Å². The molecule has 1 aliphatic carbocycles. The first-order valence-electron chi connectivity index (χ1n) is 8.06. The van der Waals surface area contributed by atoms with Gasteiger partial charge in [0, 0.05) is 12.6 Å². The molecule has 154 valence electrons. The number of nitrogens with zero attached hydrogens (tertiary/aromatic N) is 2. The first-order chi connectivity index (χ1) is 13.4. The van der Waals surface area contributed by atoms with Gasteiger partial charge in [0.1, 0.15) is 22.4 Å². The van der Waals surface area contributed by atoms with Crippen molar-refractivity contribution in [2.24, 2.45) is 7.05 Å². The van der Waals surface area contributed by atoms with Crippen molar-refractivity contribution in [3.05, 3.63) is 70.0 Å². The third-order valence-electron chi connectivity index (χ3n) is 4.19. The summed E-state index contributed by atoms with van der Waals surface area (Å²) in [6.07, 6.45) is -4.15. The molecule has 0 aliphatic heterocycles. The summed E-state index contributed by atoms with van der Waals surface area (Å²) < 4.78 is 83.2. The van der Waals surface area contributed by atoms with E-state index in [0.29, 0.717) is 4.68 Å². The molecule has 1 amide bonds. The average Bonchev–Trinajstić information content (AvgIpc) is 2.90. The van der Waals surface area contributed by atoms with Crippen LogP contribution < -0.4 is 5.32 Å². The fourth-order valence-corrected chi connectivity index (χ4v) is 3.14. The zero-order valence-corrected chi connectivity index (χ0v) is 15.4. The maximum Gasteiger partial charge on any atom is 0.436 e. The number of halogens is 7. The van der Waals surface area contributed by atoms with Crippen LogP contribution >= 0.6 is 11.6 Å². The number of amides is 1. The van der Waals surface area contributed by atoms with Gasteiger partial charge in [0.05, 0.1) is 6.42 Å². The van der Waals surface area contributed by atoms with Crippen molar-refractivity contribution >= 4 is 23.1 Å². The number of aryl methyl sites for hydroxylation is 1. The predicted octanol–water partition coefficient (Wildman–Crippen LogP) is 4.97. The Hall–Kier alpha value is -2.75. The van der Waals surface area contributed by atoms with Crippen LogP contribution in [0.5, 0.6) is 0 Å². The summed E-state index contributed by atoms with van der Waals surface area (Å²) in [5.41, 5.74) is -3.08. The summed E-state index contributed by atoms with van der Waals surface area (Å²) in [5.74, 6) is -6.19. The minimum atomic E-state index is -5.04. The molecule has 0 saturated carbocycles. The quantitative estimate of drug-likeness (QED) is 0.547. The Morgan fingerprint density at radius 2 is 1.97 bits per heavy atom. The molecule has 1 N–H and O–H groups in total. The standard InChI is InChI=1S/C18H12ClF6N3O/c1-28-15(19)13(14(27-28)18(23,24)25)16(29)26-17(22)8-11(21)5-6-12(17)9-3-2-4-10(20)7-9/h2-7H,8H2,1H3,(H,26,29). The minimum Gasteiger partial charge on any atom is -0.316 e. The van der Waals surface area contributed by atoms with Gasteiger partial charge in [-0.15, -0.1) is 0 Å². The molecule has 0 fully saturated rings. The molecule has 1 aliphatic rings. The van der Waals surface area contributed by atoms with Gasteiger partial charge in [-0.25, -0.2) is 13.2 Å². The first-order valence-corrected chi connectivity index (χ1v) is 8.44. The summed E-state index contributed by atoms with van der Waals surface area (Å²) in [5, 5.41) is 4.23. The van der Waals surface area contributed by atoms with Crippen LogP contribution in [-0.4, -0.2) is 21.5 Å². The number of aromatic nitrogens is 2. The van der Waals surface area contributed by atoms with E-state index < -0.39 is 52.4 Å². The third kappa shape index (κ3) is 4.02. The molecule has 0 saturated heterocycles. The Morgan fingerprint density at radius 3 is 2.59 bits per heavy atom. The van der Waals surface area contributed by atoms with Gasteiger partial charge in [0.15, 0.2) is 5.69 Å². The molecule has 1 unspecified atom stereocenters. The highest BCUT2D eigenvalue weighted by Gasteiger charge is 2.45. The van der Waals surface area contributed by atoms with Crippen LogP contribution in [0.2, 0.25) is 5.15 Å². The highest BCUT2D eigenvalue weighted by Crippen LogP contribution is 2.40. The number of carbonyl (C=O) groups excluding carboxylic acids is 1. The highest BCUT2D eigenvalue weighted by atomic mass is 35.5. The van der Waals surface area contributed by atoms with Crippen LogP contribution in [-0.2, 0) is 13.2 Å². The van der Waals surface area contributed by atoms with Gasteiger partial charge in [-0.1, -0.05) is 29.8 Å². The van der Waals surface area contributed by atoms with Crippen molar-refractivity contribution in [2.45, 2.75) is 18.4 Å². The normalized spacial score (nSPS) is 19.6. The number of hydrogen-bond acceptors (Lipinski definition) is 2. The number of hydrogen-bond donors (Lipinski definition) is 1. The van der Waals surface area contributed by atoms with Crippen LogP contribution in [0.3, 0.4) is 0 Å². The van der Waals surface area contributed by atoms with Crippen molar-refractivity contribution < 1.29 is 31.1 Å². The molecule has 0 spiro atoms. The van der Waals surface area contributed by atoms with Crippen molar-refractivity contribution in [2.75, 3.05) is 0 Å². The molecular weight excluding hydrogens is 424 g/mol. The minimum absolute atomic E-state index is 0.0233. The fraction of sp³-hybridized carbons (Fsp3) is 0.222. The summed E-state index contributed by atoms with van der Waals surface area (Å²) in [7, 11) is 1.07. The lowest BCUT2D eigenvalue weighted by atomic mass is 9.89. The largest absolute Gasteiger partial charge is 0.436 e. The second-order valence-corrected chi connectivity index (χ2v) is 6.63. The average molecular weight is 436 g/mol. The number of rotatable bonds is 3. The van der Waals surface area contributed by atoms with E-state index >= 15 is 4.39 Å². The summed E-state index contributed by atoms with van der Waals surface area (Å²) in [6.45, 7) is 0. The Morgan fingerprint density at radius 1 is 1.28 bits per heavy atom. The Balaban J connectivity index is 2.03. The SMILES string of the molecule is Cn1nc(C(F)(F)F)c(C(=O)NC2(F)CC(F)=CC=C2c2cccc(F)c2)c1Cl. The molecule has 29 heavy (non-hydrogen) atoms. The summed E-state index contributed by atoms with van der Waals surface area (Å²) in [6, 6.07) is 4.61. The lowest BCUT2D eigenvalue weighted by Crippen LogP contribution is -2.47. The van der Waals surface area contributed by atoms with Crippen molar-refractivity contribution in [3.8, 4) is 0 Å². The van der Waals surface area contributed by atoms with E-state index in [1.807, 2.05) is 0 Å². The van der Waals surface area contributed by atoms with Crippen molar-refractivity contribution in [1.82, 2.24) is 15.1 Å². The molecule has 1 atom stereocenters. The number of carbonyl (C=O) groups is 1. The van der Waals surface area contributed by atoms with Gasteiger partial charge in [-0.3, -0.25) is 9.48 Å².